The van der Waals surface area contributed by atoms with Gasteiger partial charge in [0.15, 0.2) is 12.2 Å². The number of nitrogens with one attached hydrogen (secondary N) is 1. The Balaban J connectivity index is 2.27. The first-order valence-corrected chi connectivity index (χ1v) is 16.7. The van der Waals surface area contributed by atoms with Gasteiger partial charge in [0.05, 0.1) is 12.7 Å². The van der Waals surface area contributed by atoms with E-state index in [1.54, 1.807) is 6.92 Å². The van der Waals surface area contributed by atoms with E-state index in [4.69, 9.17) is 18.9 Å². The van der Waals surface area contributed by atoms with Gasteiger partial charge in [-0.25, -0.2) is 14.5 Å². The van der Waals surface area contributed by atoms with Gasteiger partial charge in [-0.05, 0) is 32.6 Å². The number of alkyl carbamates (subject to hydrolysis) is 1. The van der Waals surface area contributed by atoms with Gasteiger partial charge in [0.1, 0.15) is 18.3 Å². The summed E-state index contributed by atoms with van der Waals surface area (Å²) < 4.78 is 21.8. The fourth-order valence-corrected chi connectivity index (χ4v) is 5.01. The molecule has 2 heterocycles. The molecule has 0 bridgehead atoms. The number of amides is 5. The highest BCUT2D eigenvalue weighted by Crippen LogP contribution is 2.35. The van der Waals surface area contributed by atoms with Gasteiger partial charge in [-0.2, -0.15) is 0 Å². The van der Waals surface area contributed by atoms with Gasteiger partial charge in [0.2, 0.25) is 11.8 Å². The quantitative estimate of drug-likeness (QED) is 0.0629. The van der Waals surface area contributed by atoms with Crippen LogP contribution in [0.25, 0.3) is 0 Å². The van der Waals surface area contributed by atoms with Gasteiger partial charge < -0.3 is 29.2 Å². The summed E-state index contributed by atoms with van der Waals surface area (Å²) in [6.07, 6.45) is 3.91. The van der Waals surface area contributed by atoms with Gasteiger partial charge in [0, 0.05) is 38.5 Å². The maximum absolute atomic E-state index is 12.9. The Morgan fingerprint density at radius 3 is 2.42 bits per heavy atom. The molecule has 15 nitrogen and oxygen atoms in total. The molecule has 50 heavy (non-hydrogen) atoms. The average molecular weight is 705 g/mol. The lowest BCUT2D eigenvalue weighted by atomic mass is 9.97. The third-order valence-electron chi connectivity index (χ3n) is 7.63. The Morgan fingerprint density at radius 1 is 1.04 bits per heavy atom. The standard InChI is InChI=1S/C35H48N2O13/c1-5-6-7-8-9-16-29(43)47-20-13-12-14-25(40)31(45)33-34(50-35(46)36-23(3)38)32-26(48-32)19-18-22(2)21-28(42)37(24(4)39)27(41)15-10-11-17-30(44)49-33/h10-12,14-15,17,21,25-26,31-34,40,45H,5-9,13,16,18-20H2,1-4H3,(H,36,38,46)/t25-,26+,31-,32-,33+,34+/m0/s1. The number of allylic oxidation sites excluding steroid dienone is 3. The van der Waals surface area contributed by atoms with E-state index in [2.05, 4.69) is 6.92 Å². The lowest BCUT2D eigenvalue weighted by molar-refractivity contribution is -0.166. The van der Waals surface area contributed by atoms with Gasteiger partial charge in [-0.1, -0.05) is 62.5 Å². The van der Waals surface area contributed by atoms with E-state index in [-0.39, 0.29) is 31.8 Å². The highest BCUT2D eigenvalue weighted by Gasteiger charge is 2.53. The second-order valence-electron chi connectivity index (χ2n) is 12.0. The van der Waals surface area contributed by atoms with Crippen LogP contribution in [-0.4, -0.2) is 100 Å². The van der Waals surface area contributed by atoms with Crippen LogP contribution < -0.4 is 5.32 Å². The van der Waals surface area contributed by atoms with Crippen LogP contribution in [0.15, 0.2) is 48.1 Å². The van der Waals surface area contributed by atoms with Crippen molar-refractivity contribution >= 4 is 41.7 Å². The number of nitrogens with zero attached hydrogens (tertiary/aromatic N) is 1. The number of hydrogen-bond donors (Lipinski definition) is 3. The van der Waals surface area contributed by atoms with Crippen molar-refractivity contribution in [2.45, 2.75) is 122 Å². The number of fused-ring (bicyclic) bond motifs is 1. The number of epoxide rings is 1. The van der Waals surface area contributed by atoms with Gasteiger partial charge in [0.25, 0.3) is 11.8 Å². The molecule has 2 aliphatic rings. The van der Waals surface area contributed by atoms with Crippen molar-refractivity contribution in [1.82, 2.24) is 10.2 Å². The molecule has 1 fully saturated rings. The van der Waals surface area contributed by atoms with Crippen LogP contribution in [0.1, 0.15) is 85.5 Å². The van der Waals surface area contributed by atoms with Crippen LogP contribution in [0.4, 0.5) is 4.79 Å². The van der Waals surface area contributed by atoms with Crippen LogP contribution in [0.5, 0.6) is 0 Å². The zero-order valence-electron chi connectivity index (χ0n) is 28.9. The van der Waals surface area contributed by atoms with Crippen molar-refractivity contribution in [3.05, 3.63) is 48.1 Å². The summed E-state index contributed by atoms with van der Waals surface area (Å²) in [6.45, 7) is 5.86. The van der Waals surface area contributed by atoms with Crippen LogP contribution in [-0.2, 0) is 47.7 Å². The Hall–Kier alpha value is -4.47. The van der Waals surface area contributed by atoms with E-state index in [0.29, 0.717) is 16.9 Å². The van der Waals surface area contributed by atoms with E-state index in [1.807, 2.05) is 5.32 Å². The second-order valence-corrected chi connectivity index (χ2v) is 12.0. The van der Waals surface area contributed by atoms with Gasteiger partial charge in [-0.3, -0.25) is 29.3 Å². The molecule has 0 spiro atoms. The maximum Gasteiger partial charge on any atom is 0.414 e. The lowest BCUT2D eigenvalue weighted by Gasteiger charge is -2.30. The van der Waals surface area contributed by atoms with Crippen molar-refractivity contribution < 1.29 is 62.7 Å². The van der Waals surface area contributed by atoms with Crippen molar-refractivity contribution in [2.75, 3.05) is 6.61 Å². The molecule has 1 saturated heterocycles. The summed E-state index contributed by atoms with van der Waals surface area (Å²) >= 11 is 0. The molecule has 6 atom stereocenters. The minimum Gasteiger partial charge on any atom is -0.465 e. The second kappa shape index (κ2) is 21.6. The summed E-state index contributed by atoms with van der Waals surface area (Å²) in [4.78, 5) is 86.6. The topological polar surface area (TPSA) is 215 Å². The van der Waals surface area contributed by atoms with E-state index in [9.17, 15) is 43.8 Å². The Morgan fingerprint density at radius 2 is 1.74 bits per heavy atom. The smallest absolute Gasteiger partial charge is 0.414 e. The number of unbranched alkanes of at least 4 members (excludes halogenated alkanes) is 4. The van der Waals surface area contributed by atoms with Crippen LogP contribution in [0, 0.1) is 0 Å². The molecular weight excluding hydrogens is 656 g/mol. The SMILES string of the molecule is CCCCCCCC(=O)OCCC=C[C@H](O)[C@H](O)[C@H]1OC(=O)C=CC=CC(=O)N(C(C)=O)C(=O)C=C(C)CC[C@H]2O[C@@H]2[C@H]1OC(=O)NC(C)=O. The number of esters is 2. The van der Waals surface area contributed by atoms with Gasteiger partial charge >= 0.3 is 18.0 Å². The number of rotatable bonds is 13. The number of aliphatic hydroxyl groups excluding tert-OH is 2. The van der Waals surface area contributed by atoms with Gasteiger partial charge in [-0.15, -0.1) is 0 Å². The molecule has 0 aromatic carbocycles. The molecule has 0 unspecified atom stereocenters. The van der Waals surface area contributed by atoms with Crippen LogP contribution >= 0.6 is 0 Å². The number of carbonyl (C=O) groups excluding carboxylic acids is 7. The van der Waals surface area contributed by atoms with E-state index >= 15 is 0 Å². The third kappa shape index (κ3) is 15.0. The van der Waals surface area contributed by atoms with Crippen molar-refractivity contribution in [1.29, 1.82) is 0 Å². The predicted molar refractivity (Wildman–Crippen MR) is 177 cm³/mol. The first kappa shape index (κ1) is 41.7. The third-order valence-corrected chi connectivity index (χ3v) is 7.63. The minimum absolute atomic E-state index is 0.0323. The predicted octanol–water partition coefficient (Wildman–Crippen LogP) is 2.63. The molecule has 0 radical (unpaired) electrons. The molecule has 15 heteroatoms. The Labute approximate surface area is 291 Å². The molecule has 3 N–H and O–H groups in total. The molecule has 2 rings (SSSR count). The van der Waals surface area contributed by atoms with E-state index in [1.165, 1.54) is 12.2 Å². The molecule has 0 saturated carbocycles. The van der Waals surface area contributed by atoms with Crippen molar-refractivity contribution in [3.63, 3.8) is 0 Å². The monoisotopic (exact) mass is 704 g/mol. The van der Waals surface area contributed by atoms with Crippen LogP contribution in [0.2, 0.25) is 0 Å². The van der Waals surface area contributed by atoms with E-state index in [0.717, 1.165) is 76.3 Å². The number of imide groups is 4. The molecule has 0 aliphatic carbocycles. The maximum atomic E-state index is 12.9. The van der Waals surface area contributed by atoms with E-state index < -0.39 is 72.3 Å². The molecule has 2 aliphatic heterocycles. The molecular formula is C35H48N2O13. The zero-order chi connectivity index (χ0) is 37.2. The summed E-state index contributed by atoms with van der Waals surface area (Å²) in [5.41, 5.74) is 0.490. The summed E-state index contributed by atoms with van der Waals surface area (Å²) in [5, 5.41) is 24.0. The molecule has 5 amide bonds. The Kier molecular flexibility index (Phi) is 18.0. The van der Waals surface area contributed by atoms with Crippen LogP contribution in [0.3, 0.4) is 0 Å². The number of aliphatic hydroxyl groups is 2. The van der Waals surface area contributed by atoms with Crippen molar-refractivity contribution in [2.24, 2.45) is 0 Å². The molecule has 0 aromatic heterocycles. The average Bonchev–Trinajstić information content (AvgIpc) is 3.81. The number of hydrogen-bond acceptors (Lipinski definition) is 13. The lowest BCUT2D eigenvalue weighted by Crippen LogP contribution is -2.51. The molecule has 276 valence electrons. The number of cyclic esters (lactones) is 1. The normalized spacial score (nSPS) is 22.9. The summed E-state index contributed by atoms with van der Waals surface area (Å²) in [5.74, 6) is -4.83. The first-order valence-electron chi connectivity index (χ1n) is 16.7. The highest BCUT2D eigenvalue weighted by molar-refractivity contribution is 6.16. The molecule has 0 aromatic rings. The fraction of sp³-hybridized carbons (Fsp3) is 0.571. The number of carbonyl (C=O) groups is 7. The fourth-order valence-electron chi connectivity index (χ4n) is 5.01. The first-order chi connectivity index (χ1) is 23.7. The largest absolute Gasteiger partial charge is 0.465 e. The number of ether oxygens (including phenoxy) is 4. The Bertz CT molecular complexity index is 1350. The summed E-state index contributed by atoms with van der Waals surface area (Å²) in [7, 11) is 0. The zero-order valence-corrected chi connectivity index (χ0v) is 28.9. The van der Waals surface area contributed by atoms with Crippen molar-refractivity contribution in [3.8, 4) is 0 Å². The summed E-state index contributed by atoms with van der Waals surface area (Å²) in [6, 6.07) is 0. The highest BCUT2D eigenvalue weighted by atomic mass is 16.7. The minimum atomic E-state index is -1.89.